The lowest BCUT2D eigenvalue weighted by Gasteiger charge is -2.39. The van der Waals surface area contributed by atoms with Crippen molar-refractivity contribution in [3.05, 3.63) is 54.1 Å². The van der Waals surface area contributed by atoms with Crippen molar-refractivity contribution >= 4 is 20.4 Å². The number of allylic oxidation sites excluding steroid dienone is 1. The lowest BCUT2D eigenvalue weighted by molar-refractivity contribution is -0.145. The molecule has 0 saturated carbocycles. The van der Waals surface area contributed by atoms with Crippen LogP contribution in [0.5, 0.6) is 0 Å². The molecule has 1 aromatic rings. The Kier molecular flexibility index (Phi) is 7.84. The van der Waals surface area contributed by atoms with Gasteiger partial charge in [-0.1, -0.05) is 75.4 Å². The van der Waals surface area contributed by atoms with E-state index >= 15 is 0 Å². The predicted octanol–water partition coefficient (Wildman–Crippen LogP) is 5.46. The number of methoxy groups -OCH3 is 1. The third kappa shape index (κ3) is 6.29. The van der Waals surface area contributed by atoms with Gasteiger partial charge in [0.25, 0.3) is 0 Å². The summed E-state index contributed by atoms with van der Waals surface area (Å²) in [6.45, 7) is 12.9. The Bertz CT molecular complexity index is 597. The molecule has 25 heavy (non-hydrogen) atoms. The molecule has 4 heteroatoms. The molecule has 0 fully saturated rings. The van der Waals surface area contributed by atoms with Gasteiger partial charge in [0.05, 0.1) is 13.2 Å². The first-order valence-corrected chi connectivity index (χ1v) is 11.6. The molecule has 0 aliphatic carbocycles. The zero-order valence-electron chi connectivity index (χ0n) is 16.6. The maximum atomic E-state index is 12.4. The topological polar surface area (TPSA) is 35.5 Å². The van der Waals surface area contributed by atoms with Gasteiger partial charge in [-0.2, -0.15) is 0 Å². The van der Waals surface area contributed by atoms with Crippen LogP contribution in [0.2, 0.25) is 18.1 Å². The van der Waals surface area contributed by atoms with Gasteiger partial charge in [0, 0.05) is 0 Å². The fourth-order valence-electron chi connectivity index (χ4n) is 2.18. The van der Waals surface area contributed by atoms with Gasteiger partial charge in [0.2, 0.25) is 0 Å². The average molecular weight is 361 g/mol. The molecule has 0 radical (unpaired) electrons. The molecular weight excluding hydrogens is 328 g/mol. The summed E-state index contributed by atoms with van der Waals surface area (Å²) >= 11 is 0. The minimum atomic E-state index is -2.03. The highest BCUT2D eigenvalue weighted by Crippen LogP contribution is 2.38. The Morgan fingerprint density at radius 2 is 1.72 bits per heavy atom. The number of hydrogen-bond donors (Lipinski definition) is 0. The third-order valence-corrected chi connectivity index (χ3v) is 9.22. The Morgan fingerprint density at radius 1 is 1.12 bits per heavy atom. The van der Waals surface area contributed by atoms with Gasteiger partial charge < -0.3 is 9.16 Å². The van der Waals surface area contributed by atoms with E-state index in [0.29, 0.717) is 0 Å². The van der Waals surface area contributed by atoms with Gasteiger partial charge in [0.15, 0.2) is 8.32 Å². The lowest BCUT2D eigenvalue weighted by Crippen LogP contribution is -2.46. The average Bonchev–Trinajstić information content (AvgIpc) is 2.54. The molecule has 0 saturated heterocycles. The maximum Gasteiger partial charge on any atom is 0.315 e. The summed E-state index contributed by atoms with van der Waals surface area (Å²) in [5, 5.41) is 0.0661. The molecule has 0 unspecified atom stereocenters. The molecule has 1 aromatic carbocycles. The van der Waals surface area contributed by atoms with E-state index in [2.05, 4.69) is 33.9 Å². The van der Waals surface area contributed by atoms with Gasteiger partial charge >= 0.3 is 5.97 Å². The van der Waals surface area contributed by atoms with Crippen molar-refractivity contribution in [2.24, 2.45) is 5.92 Å². The molecule has 2 atom stereocenters. The van der Waals surface area contributed by atoms with Gasteiger partial charge in [-0.25, -0.2) is 0 Å². The summed E-state index contributed by atoms with van der Waals surface area (Å²) < 4.78 is 11.6. The van der Waals surface area contributed by atoms with E-state index in [1.54, 1.807) is 0 Å². The first kappa shape index (κ1) is 21.4. The number of ether oxygens (including phenoxy) is 1. The first-order valence-electron chi connectivity index (χ1n) is 8.74. The molecule has 1 rings (SSSR count). The molecule has 138 valence electrons. The summed E-state index contributed by atoms with van der Waals surface area (Å²) in [4.78, 5) is 12.4. The van der Waals surface area contributed by atoms with Crippen LogP contribution in [-0.2, 0) is 14.0 Å². The summed E-state index contributed by atoms with van der Waals surface area (Å²) in [5.41, 5.74) is 1.04. The molecule has 0 amide bonds. The van der Waals surface area contributed by atoms with Crippen molar-refractivity contribution in [1.82, 2.24) is 0 Å². The van der Waals surface area contributed by atoms with E-state index in [4.69, 9.17) is 9.16 Å². The Morgan fingerprint density at radius 3 is 2.20 bits per heavy atom. The largest absolute Gasteiger partial charge is 0.468 e. The highest BCUT2D eigenvalue weighted by atomic mass is 28.4. The molecule has 0 aromatic heterocycles. The zero-order valence-corrected chi connectivity index (χ0v) is 17.6. The minimum absolute atomic E-state index is 0.0661. The highest BCUT2D eigenvalue weighted by molar-refractivity contribution is 6.74. The quantitative estimate of drug-likeness (QED) is 0.368. The number of rotatable bonds is 7. The third-order valence-electron chi connectivity index (χ3n) is 4.74. The molecule has 3 nitrogen and oxygen atoms in total. The first-order chi connectivity index (χ1) is 11.6. The van der Waals surface area contributed by atoms with Crippen LogP contribution in [0.1, 0.15) is 33.3 Å². The second-order valence-corrected chi connectivity index (χ2v) is 12.4. The van der Waals surface area contributed by atoms with Crippen molar-refractivity contribution in [3.8, 4) is 0 Å². The summed E-state index contributed by atoms with van der Waals surface area (Å²) in [7, 11) is -0.606. The van der Waals surface area contributed by atoms with E-state index in [1.807, 2.05) is 61.6 Å². The molecule has 0 bridgehead atoms. The van der Waals surface area contributed by atoms with Crippen LogP contribution in [0.4, 0.5) is 0 Å². The van der Waals surface area contributed by atoms with Crippen molar-refractivity contribution in [1.29, 1.82) is 0 Å². The van der Waals surface area contributed by atoms with Crippen LogP contribution < -0.4 is 0 Å². The second kappa shape index (κ2) is 9.16. The fraction of sp³-hybridized carbons (Fsp3) is 0.476. The SMILES string of the molecule is C/C=C/[C@@H](O[Si](C)(C)C(C)(C)C)[C@H](/C=C/c1ccccc1)C(=O)OC. The summed E-state index contributed by atoms with van der Waals surface area (Å²) in [5.74, 6) is -0.760. The zero-order chi connectivity index (χ0) is 19.1. The Labute approximate surface area is 153 Å². The molecular formula is C21H32O3Si. The van der Waals surface area contributed by atoms with E-state index < -0.39 is 14.2 Å². The normalized spacial score (nSPS) is 15.5. The van der Waals surface area contributed by atoms with Crippen molar-refractivity contribution < 1.29 is 14.0 Å². The van der Waals surface area contributed by atoms with Crippen molar-refractivity contribution in [2.75, 3.05) is 7.11 Å². The fourth-order valence-corrected chi connectivity index (χ4v) is 3.44. The maximum absolute atomic E-state index is 12.4. The van der Waals surface area contributed by atoms with E-state index in [-0.39, 0.29) is 17.1 Å². The summed E-state index contributed by atoms with van der Waals surface area (Å²) in [6, 6.07) is 9.93. The van der Waals surface area contributed by atoms with Gasteiger partial charge in [-0.05, 0) is 30.6 Å². The van der Waals surface area contributed by atoms with Crippen LogP contribution >= 0.6 is 0 Å². The van der Waals surface area contributed by atoms with Crippen molar-refractivity contribution in [2.45, 2.75) is 51.9 Å². The van der Waals surface area contributed by atoms with E-state index in [9.17, 15) is 4.79 Å². The van der Waals surface area contributed by atoms with Crippen LogP contribution in [0.25, 0.3) is 6.08 Å². The van der Waals surface area contributed by atoms with Crippen molar-refractivity contribution in [3.63, 3.8) is 0 Å². The van der Waals surface area contributed by atoms with Crippen LogP contribution in [0, 0.1) is 5.92 Å². The van der Waals surface area contributed by atoms with E-state index in [1.165, 1.54) is 7.11 Å². The summed E-state index contributed by atoms with van der Waals surface area (Å²) in [6.07, 6.45) is 7.39. The van der Waals surface area contributed by atoms with Gasteiger partial charge in [-0.3, -0.25) is 4.79 Å². The Hall–Kier alpha value is -1.65. The smallest absolute Gasteiger partial charge is 0.315 e. The Balaban J connectivity index is 3.15. The molecule has 0 N–H and O–H groups in total. The number of carbonyl (C=O) groups excluding carboxylic acids is 1. The number of carbonyl (C=O) groups is 1. The number of benzene rings is 1. The monoisotopic (exact) mass is 360 g/mol. The second-order valence-electron chi connectivity index (χ2n) is 7.69. The molecule has 0 spiro atoms. The van der Waals surface area contributed by atoms with Gasteiger partial charge in [-0.15, -0.1) is 0 Å². The van der Waals surface area contributed by atoms with E-state index in [0.717, 1.165) is 5.56 Å². The van der Waals surface area contributed by atoms with Crippen LogP contribution in [0.3, 0.4) is 0 Å². The van der Waals surface area contributed by atoms with Crippen LogP contribution in [0.15, 0.2) is 48.6 Å². The molecule has 0 heterocycles. The predicted molar refractivity (Wildman–Crippen MR) is 108 cm³/mol. The highest BCUT2D eigenvalue weighted by Gasteiger charge is 2.41. The lowest BCUT2D eigenvalue weighted by atomic mass is 10.0. The molecule has 0 aliphatic rings. The minimum Gasteiger partial charge on any atom is -0.468 e. The number of esters is 1. The molecule has 0 aliphatic heterocycles. The van der Waals surface area contributed by atoms with Crippen LogP contribution in [-0.4, -0.2) is 27.5 Å². The standard InChI is InChI=1S/C21H32O3Si/c1-8-12-19(24-25(6,7)21(2,3)4)18(20(22)23-5)16-15-17-13-10-9-11-14-17/h8-16,18-19H,1-7H3/b12-8+,16-15+/t18-,19+/m0/s1. The number of hydrogen-bond acceptors (Lipinski definition) is 3. The van der Waals surface area contributed by atoms with Gasteiger partial charge in [0.1, 0.15) is 5.92 Å².